The fraction of sp³-hybridized carbons (Fsp3) is 0.654. The van der Waals surface area contributed by atoms with Gasteiger partial charge in [-0.3, -0.25) is 9.47 Å². The molecule has 2 aliphatic carbocycles. The van der Waals surface area contributed by atoms with Crippen LogP contribution < -0.4 is 0 Å². The van der Waals surface area contributed by atoms with Gasteiger partial charge in [0.2, 0.25) is 0 Å². The van der Waals surface area contributed by atoms with Crippen LogP contribution in [0.5, 0.6) is 0 Å². The molecule has 2 aromatic rings. The minimum absolute atomic E-state index is 0.321. The Morgan fingerprint density at radius 1 is 1.00 bits per heavy atom. The van der Waals surface area contributed by atoms with E-state index in [1.54, 1.807) is 4.90 Å². The third-order valence-corrected chi connectivity index (χ3v) is 7.34. The molecule has 1 aliphatic heterocycles. The molecule has 3 aliphatic rings. The monoisotopic (exact) mass is 486 g/mol. The van der Waals surface area contributed by atoms with Crippen LogP contribution in [0, 0.1) is 0 Å². The number of benzene rings is 1. The Labute approximate surface area is 206 Å². The zero-order valence-electron chi connectivity index (χ0n) is 20.4. The van der Waals surface area contributed by atoms with Gasteiger partial charge in [0.05, 0.1) is 31.0 Å². The molecular formula is C26H35ClN4O3. The summed E-state index contributed by atoms with van der Waals surface area (Å²) in [6, 6.07) is 5.84. The molecule has 2 fully saturated rings. The Kier molecular flexibility index (Phi) is 6.60. The second-order valence-electron chi connectivity index (χ2n) is 10.9. The topological polar surface area (TPSA) is 69.5 Å². The SMILES string of the molecule is CC(C)(C)OC(=O)N1Cc2cc(Cl)ccc2-n2c(nnc2[C@H]2CC[C@H](OC3CCCC3)CC2)C1. The molecule has 1 amide bonds. The van der Waals surface area contributed by atoms with Crippen LogP contribution in [-0.4, -0.2) is 43.6 Å². The molecule has 8 heteroatoms. The highest BCUT2D eigenvalue weighted by molar-refractivity contribution is 6.30. The van der Waals surface area contributed by atoms with E-state index in [0.717, 1.165) is 48.6 Å². The van der Waals surface area contributed by atoms with Gasteiger partial charge in [0.1, 0.15) is 11.4 Å². The van der Waals surface area contributed by atoms with Crippen molar-refractivity contribution >= 4 is 17.7 Å². The molecule has 1 aromatic heterocycles. The van der Waals surface area contributed by atoms with E-state index in [2.05, 4.69) is 14.8 Å². The van der Waals surface area contributed by atoms with Crippen molar-refractivity contribution in [3.63, 3.8) is 0 Å². The van der Waals surface area contributed by atoms with Crippen molar-refractivity contribution in [3.8, 4) is 5.69 Å². The lowest BCUT2D eigenvalue weighted by Crippen LogP contribution is -2.35. The summed E-state index contributed by atoms with van der Waals surface area (Å²) in [6.07, 6.45) is 9.67. The number of fused-ring (bicyclic) bond motifs is 3. The van der Waals surface area contributed by atoms with E-state index in [9.17, 15) is 4.79 Å². The van der Waals surface area contributed by atoms with Crippen LogP contribution >= 0.6 is 11.6 Å². The molecule has 0 radical (unpaired) electrons. The summed E-state index contributed by atoms with van der Waals surface area (Å²) >= 11 is 6.35. The molecule has 0 saturated heterocycles. The van der Waals surface area contributed by atoms with E-state index in [1.165, 1.54) is 25.7 Å². The van der Waals surface area contributed by atoms with Gasteiger partial charge in [-0.05, 0) is 83.1 Å². The highest BCUT2D eigenvalue weighted by Crippen LogP contribution is 2.38. The summed E-state index contributed by atoms with van der Waals surface area (Å²) in [6.45, 7) is 6.38. The van der Waals surface area contributed by atoms with E-state index in [4.69, 9.17) is 21.1 Å². The van der Waals surface area contributed by atoms with Gasteiger partial charge in [0.15, 0.2) is 5.82 Å². The molecule has 184 valence electrons. The summed E-state index contributed by atoms with van der Waals surface area (Å²) in [4.78, 5) is 14.6. The first-order valence-electron chi connectivity index (χ1n) is 12.6. The average molecular weight is 487 g/mol. The Hall–Kier alpha value is -2.12. The van der Waals surface area contributed by atoms with Gasteiger partial charge in [-0.15, -0.1) is 10.2 Å². The molecule has 5 rings (SSSR count). The molecule has 7 nitrogen and oxygen atoms in total. The second-order valence-corrected chi connectivity index (χ2v) is 11.4. The number of rotatable bonds is 3. The highest BCUT2D eigenvalue weighted by Gasteiger charge is 2.33. The standard InChI is InChI=1S/C26H35ClN4O3/c1-26(2,3)34-25(32)30-15-18-14-19(27)10-13-22(18)31-23(16-30)28-29-24(31)17-8-11-21(12-9-17)33-20-6-4-5-7-20/h10,13-14,17,20-21H,4-9,11-12,15-16H2,1-3H3/t17-,21-. The van der Waals surface area contributed by atoms with Crippen molar-refractivity contribution in [2.45, 2.75) is 109 Å². The van der Waals surface area contributed by atoms with Gasteiger partial charge in [-0.25, -0.2) is 4.79 Å². The normalized spacial score (nSPS) is 23.4. The quantitative estimate of drug-likeness (QED) is 0.519. The first kappa shape index (κ1) is 23.6. The Morgan fingerprint density at radius 2 is 1.71 bits per heavy atom. The highest BCUT2D eigenvalue weighted by atomic mass is 35.5. The number of aromatic nitrogens is 3. The number of carbonyl (C=O) groups is 1. The smallest absolute Gasteiger partial charge is 0.411 e. The van der Waals surface area contributed by atoms with Crippen LogP contribution in [0.3, 0.4) is 0 Å². The summed E-state index contributed by atoms with van der Waals surface area (Å²) in [5.74, 6) is 2.05. The second kappa shape index (κ2) is 9.50. The maximum absolute atomic E-state index is 13.0. The molecule has 1 aromatic carbocycles. The molecule has 0 unspecified atom stereocenters. The minimum Gasteiger partial charge on any atom is -0.444 e. The Morgan fingerprint density at radius 3 is 2.41 bits per heavy atom. The zero-order chi connectivity index (χ0) is 23.9. The Balaban J connectivity index is 1.39. The lowest BCUT2D eigenvalue weighted by Gasteiger charge is -2.30. The Bertz CT molecular complexity index is 1030. The predicted octanol–water partition coefficient (Wildman–Crippen LogP) is 6.16. The largest absolute Gasteiger partial charge is 0.444 e. The summed E-state index contributed by atoms with van der Waals surface area (Å²) in [7, 11) is 0. The van der Waals surface area contributed by atoms with Gasteiger partial charge in [0, 0.05) is 10.9 Å². The average Bonchev–Trinajstić information content (AvgIpc) is 3.40. The van der Waals surface area contributed by atoms with Crippen molar-refractivity contribution in [1.82, 2.24) is 19.7 Å². The van der Waals surface area contributed by atoms with Gasteiger partial charge in [-0.2, -0.15) is 0 Å². The molecule has 0 spiro atoms. The number of carbonyl (C=O) groups excluding carboxylic acids is 1. The maximum Gasteiger partial charge on any atom is 0.411 e. The number of halogens is 1. The van der Waals surface area contributed by atoms with Crippen LogP contribution in [0.4, 0.5) is 4.79 Å². The van der Waals surface area contributed by atoms with Crippen molar-refractivity contribution in [2.75, 3.05) is 0 Å². The van der Waals surface area contributed by atoms with Gasteiger partial charge in [0.25, 0.3) is 0 Å². The van der Waals surface area contributed by atoms with E-state index in [0.29, 0.717) is 36.2 Å². The van der Waals surface area contributed by atoms with Crippen molar-refractivity contribution < 1.29 is 14.3 Å². The fourth-order valence-electron chi connectivity index (χ4n) is 5.50. The zero-order valence-corrected chi connectivity index (χ0v) is 21.2. The molecule has 2 heterocycles. The fourth-order valence-corrected chi connectivity index (χ4v) is 5.69. The summed E-state index contributed by atoms with van der Waals surface area (Å²) in [5, 5.41) is 9.83. The van der Waals surface area contributed by atoms with Crippen LogP contribution in [0.1, 0.15) is 95.3 Å². The van der Waals surface area contributed by atoms with E-state index < -0.39 is 5.60 Å². The first-order chi connectivity index (χ1) is 16.3. The maximum atomic E-state index is 13.0. The molecule has 2 saturated carbocycles. The molecule has 34 heavy (non-hydrogen) atoms. The van der Waals surface area contributed by atoms with E-state index in [1.807, 2.05) is 39.0 Å². The van der Waals surface area contributed by atoms with Crippen LogP contribution in [-0.2, 0) is 22.6 Å². The van der Waals surface area contributed by atoms with Crippen molar-refractivity contribution in [1.29, 1.82) is 0 Å². The summed E-state index contributed by atoms with van der Waals surface area (Å²) in [5.41, 5.74) is 1.39. The molecular weight excluding hydrogens is 452 g/mol. The molecule has 0 bridgehead atoms. The number of amides is 1. The third kappa shape index (κ3) is 5.10. The molecule has 0 atom stereocenters. The number of hydrogen-bond acceptors (Lipinski definition) is 5. The van der Waals surface area contributed by atoms with Crippen molar-refractivity contribution in [2.24, 2.45) is 0 Å². The van der Waals surface area contributed by atoms with Crippen LogP contribution in [0.2, 0.25) is 5.02 Å². The predicted molar refractivity (Wildman–Crippen MR) is 130 cm³/mol. The van der Waals surface area contributed by atoms with E-state index >= 15 is 0 Å². The van der Waals surface area contributed by atoms with Gasteiger partial charge in [-0.1, -0.05) is 24.4 Å². The molecule has 0 N–H and O–H groups in total. The first-order valence-corrected chi connectivity index (χ1v) is 13.0. The number of ether oxygens (including phenoxy) is 2. The minimum atomic E-state index is -0.571. The number of nitrogens with zero attached hydrogens (tertiary/aromatic N) is 4. The van der Waals surface area contributed by atoms with Crippen molar-refractivity contribution in [3.05, 3.63) is 40.4 Å². The third-order valence-electron chi connectivity index (χ3n) is 7.11. The van der Waals surface area contributed by atoms with Gasteiger partial charge >= 0.3 is 6.09 Å². The lowest BCUT2D eigenvalue weighted by molar-refractivity contribution is -0.0288. The van der Waals surface area contributed by atoms with Crippen LogP contribution in [0.15, 0.2) is 18.2 Å². The van der Waals surface area contributed by atoms with E-state index in [-0.39, 0.29) is 6.09 Å². The van der Waals surface area contributed by atoms with Crippen LogP contribution in [0.25, 0.3) is 5.69 Å². The number of hydrogen-bond donors (Lipinski definition) is 0. The summed E-state index contributed by atoms with van der Waals surface area (Å²) < 4.78 is 14.2. The lowest BCUT2D eigenvalue weighted by atomic mass is 9.86. The van der Waals surface area contributed by atoms with Gasteiger partial charge < -0.3 is 9.47 Å².